The maximum absolute atomic E-state index is 14.2. The predicted octanol–water partition coefficient (Wildman–Crippen LogP) is 3.76. The third kappa shape index (κ3) is 4.98. The van der Waals surface area contributed by atoms with Gasteiger partial charge in [0.2, 0.25) is 0 Å². The SMILES string of the molecule is CC(C)(C)OC(=O)NC1CC(CN)=CCC1c1cc(F)c(F)cc1F. The Bertz CT molecular complexity index is 684. The lowest BCUT2D eigenvalue weighted by molar-refractivity contribution is 0.0494. The van der Waals surface area contributed by atoms with Gasteiger partial charge in [-0.25, -0.2) is 18.0 Å². The Morgan fingerprint density at radius 2 is 1.88 bits per heavy atom. The van der Waals surface area contributed by atoms with E-state index in [4.69, 9.17) is 10.5 Å². The van der Waals surface area contributed by atoms with E-state index in [2.05, 4.69) is 5.32 Å². The molecule has 0 saturated heterocycles. The fourth-order valence-corrected chi connectivity index (χ4v) is 2.91. The Morgan fingerprint density at radius 1 is 1.24 bits per heavy atom. The fourth-order valence-electron chi connectivity index (χ4n) is 2.91. The van der Waals surface area contributed by atoms with E-state index in [1.54, 1.807) is 20.8 Å². The van der Waals surface area contributed by atoms with Crippen molar-refractivity contribution >= 4 is 6.09 Å². The maximum Gasteiger partial charge on any atom is 0.407 e. The van der Waals surface area contributed by atoms with Crippen molar-refractivity contribution in [1.29, 1.82) is 0 Å². The first kappa shape index (κ1) is 19.3. The molecule has 25 heavy (non-hydrogen) atoms. The van der Waals surface area contributed by atoms with E-state index in [0.29, 0.717) is 25.5 Å². The van der Waals surface area contributed by atoms with Crippen LogP contribution < -0.4 is 11.1 Å². The standard InChI is InChI=1S/C18H23F3N2O2/c1-18(2,3)25-17(24)23-16-6-10(9-22)4-5-11(16)12-7-14(20)15(21)8-13(12)19/h4,7-8,11,16H,5-6,9,22H2,1-3H3,(H,23,24). The first-order chi connectivity index (χ1) is 11.6. The molecule has 0 fully saturated rings. The van der Waals surface area contributed by atoms with Crippen molar-refractivity contribution in [2.75, 3.05) is 6.54 Å². The zero-order valence-electron chi connectivity index (χ0n) is 14.5. The van der Waals surface area contributed by atoms with Gasteiger partial charge in [0.1, 0.15) is 11.4 Å². The van der Waals surface area contributed by atoms with Crippen molar-refractivity contribution in [3.05, 3.63) is 46.8 Å². The molecule has 1 aliphatic rings. The Kier molecular flexibility index (Phi) is 5.77. The number of carbonyl (C=O) groups excluding carboxylic acids is 1. The highest BCUT2D eigenvalue weighted by atomic mass is 19.2. The molecule has 0 spiro atoms. The third-order valence-electron chi connectivity index (χ3n) is 4.03. The van der Waals surface area contributed by atoms with Gasteiger partial charge in [-0.15, -0.1) is 0 Å². The van der Waals surface area contributed by atoms with Crippen molar-refractivity contribution in [3.63, 3.8) is 0 Å². The minimum absolute atomic E-state index is 0.0206. The van der Waals surface area contributed by atoms with Crippen LogP contribution in [0.5, 0.6) is 0 Å². The second-order valence-corrected chi connectivity index (χ2v) is 7.15. The third-order valence-corrected chi connectivity index (χ3v) is 4.03. The minimum atomic E-state index is -1.24. The summed E-state index contributed by atoms with van der Waals surface area (Å²) < 4.78 is 46.2. The Labute approximate surface area is 145 Å². The van der Waals surface area contributed by atoms with Crippen LogP contribution in [-0.4, -0.2) is 24.3 Å². The number of allylic oxidation sites excluding steroid dienone is 1. The normalized spacial score (nSPS) is 20.8. The van der Waals surface area contributed by atoms with Crippen LogP contribution in [-0.2, 0) is 4.74 Å². The molecule has 0 radical (unpaired) electrons. The van der Waals surface area contributed by atoms with Gasteiger partial charge < -0.3 is 15.8 Å². The van der Waals surface area contributed by atoms with E-state index in [9.17, 15) is 18.0 Å². The van der Waals surface area contributed by atoms with Crippen molar-refractivity contribution in [3.8, 4) is 0 Å². The van der Waals surface area contributed by atoms with E-state index in [1.807, 2.05) is 6.08 Å². The summed E-state index contributed by atoms with van der Waals surface area (Å²) in [7, 11) is 0. The van der Waals surface area contributed by atoms with Gasteiger partial charge in [-0.3, -0.25) is 0 Å². The van der Waals surface area contributed by atoms with Crippen LogP contribution in [0.25, 0.3) is 0 Å². The predicted molar refractivity (Wildman–Crippen MR) is 88.6 cm³/mol. The molecule has 1 aromatic rings. The minimum Gasteiger partial charge on any atom is -0.444 e. The van der Waals surface area contributed by atoms with Gasteiger partial charge in [0.25, 0.3) is 0 Å². The van der Waals surface area contributed by atoms with Crippen LogP contribution in [0.2, 0.25) is 0 Å². The lowest BCUT2D eigenvalue weighted by Crippen LogP contribution is -2.44. The monoisotopic (exact) mass is 356 g/mol. The van der Waals surface area contributed by atoms with Gasteiger partial charge in [0.15, 0.2) is 11.6 Å². The fraction of sp³-hybridized carbons (Fsp3) is 0.500. The average molecular weight is 356 g/mol. The van der Waals surface area contributed by atoms with E-state index in [1.165, 1.54) is 0 Å². The van der Waals surface area contributed by atoms with Crippen molar-refractivity contribution in [2.24, 2.45) is 5.73 Å². The van der Waals surface area contributed by atoms with E-state index >= 15 is 0 Å². The number of rotatable bonds is 3. The molecule has 2 atom stereocenters. The smallest absolute Gasteiger partial charge is 0.407 e. The first-order valence-corrected chi connectivity index (χ1v) is 8.12. The summed E-state index contributed by atoms with van der Waals surface area (Å²) in [5, 5.41) is 2.71. The number of hydrogen-bond donors (Lipinski definition) is 2. The summed E-state index contributed by atoms with van der Waals surface area (Å²) in [6.45, 7) is 5.49. The molecule has 1 aliphatic carbocycles. The lowest BCUT2D eigenvalue weighted by Gasteiger charge is -2.33. The first-order valence-electron chi connectivity index (χ1n) is 8.12. The average Bonchev–Trinajstić information content (AvgIpc) is 2.49. The molecule has 2 rings (SSSR count). The number of halogens is 3. The number of alkyl carbamates (subject to hydrolysis) is 1. The molecule has 4 nitrogen and oxygen atoms in total. The Morgan fingerprint density at radius 3 is 2.48 bits per heavy atom. The molecule has 3 N–H and O–H groups in total. The Balaban J connectivity index is 2.29. The largest absolute Gasteiger partial charge is 0.444 e. The molecule has 1 aromatic carbocycles. The number of benzene rings is 1. The van der Waals surface area contributed by atoms with E-state index in [0.717, 1.165) is 11.6 Å². The van der Waals surface area contributed by atoms with E-state index in [-0.39, 0.29) is 5.56 Å². The highest BCUT2D eigenvalue weighted by Gasteiger charge is 2.32. The number of hydrogen-bond acceptors (Lipinski definition) is 3. The zero-order chi connectivity index (χ0) is 18.8. The molecular weight excluding hydrogens is 333 g/mol. The summed E-state index contributed by atoms with van der Waals surface area (Å²) in [4.78, 5) is 12.1. The van der Waals surface area contributed by atoms with Crippen LogP contribution in [0.4, 0.5) is 18.0 Å². The molecule has 0 aliphatic heterocycles. The quantitative estimate of drug-likeness (QED) is 0.640. The lowest BCUT2D eigenvalue weighted by atomic mass is 9.80. The molecule has 0 heterocycles. The van der Waals surface area contributed by atoms with Gasteiger partial charge in [0.05, 0.1) is 0 Å². The molecule has 0 bridgehead atoms. The maximum atomic E-state index is 14.2. The summed E-state index contributed by atoms with van der Waals surface area (Å²) >= 11 is 0. The molecule has 0 saturated carbocycles. The highest BCUT2D eigenvalue weighted by Crippen LogP contribution is 2.34. The van der Waals surface area contributed by atoms with Crippen LogP contribution in [0, 0.1) is 17.5 Å². The summed E-state index contributed by atoms with van der Waals surface area (Å²) in [5.41, 5.74) is 5.90. The molecule has 7 heteroatoms. The molecule has 0 aromatic heterocycles. The number of nitrogens with two attached hydrogens (primary N) is 1. The second-order valence-electron chi connectivity index (χ2n) is 7.15. The van der Waals surface area contributed by atoms with Crippen LogP contribution >= 0.6 is 0 Å². The number of amides is 1. The van der Waals surface area contributed by atoms with Gasteiger partial charge in [0, 0.05) is 24.6 Å². The van der Waals surface area contributed by atoms with Gasteiger partial charge in [-0.1, -0.05) is 11.6 Å². The van der Waals surface area contributed by atoms with Crippen LogP contribution in [0.15, 0.2) is 23.8 Å². The topological polar surface area (TPSA) is 64.3 Å². The summed E-state index contributed by atoms with van der Waals surface area (Å²) in [5.74, 6) is -3.75. The molecular formula is C18H23F3N2O2. The Hall–Kier alpha value is -2.02. The van der Waals surface area contributed by atoms with Crippen LogP contribution in [0.3, 0.4) is 0 Å². The van der Waals surface area contributed by atoms with Crippen molar-refractivity contribution in [2.45, 2.75) is 51.2 Å². The van der Waals surface area contributed by atoms with Gasteiger partial charge in [-0.2, -0.15) is 0 Å². The van der Waals surface area contributed by atoms with Crippen molar-refractivity contribution in [1.82, 2.24) is 5.32 Å². The van der Waals surface area contributed by atoms with Crippen molar-refractivity contribution < 1.29 is 22.7 Å². The highest BCUT2D eigenvalue weighted by molar-refractivity contribution is 5.68. The van der Waals surface area contributed by atoms with Gasteiger partial charge in [-0.05, 0) is 45.2 Å². The molecule has 1 amide bonds. The van der Waals surface area contributed by atoms with Crippen LogP contribution in [0.1, 0.15) is 45.1 Å². The summed E-state index contributed by atoms with van der Waals surface area (Å²) in [6.07, 6.45) is 1.94. The number of ether oxygens (including phenoxy) is 1. The second kappa shape index (κ2) is 7.47. The number of carbonyl (C=O) groups is 1. The number of nitrogens with one attached hydrogen (secondary N) is 1. The van der Waals surface area contributed by atoms with Gasteiger partial charge >= 0.3 is 6.09 Å². The zero-order valence-corrected chi connectivity index (χ0v) is 14.5. The molecule has 2 unspecified atom stereocenters. The van der Waals surface area contributed by atoms with E-state index < -0.39 is 41.1 Å². The summed E-state index contributed by atoms with van der Waals surface area (Å²) in [6, 6.07) is 0.843. The molecule has 138 valence electrons.